The lowest BCUT2D eigenvalue weighted by Crippen LogP contribution is -2.30. The maximum atomic E-state index is 5.93. The first-order valence-electron chi connectivity index (χ1n) is 11.9. The molecular formula is C27H32N4O2S. The fourth-order valence-electron chi connectivity index (χ4n) is 5.74. The molecule has 0 spiro atoms. The van der Waals surface area contributed by atoms with Gasteiger partial charge in [0.25, 0.3) is 0 Å². The van der Waals surface area contributed by atoms with E-state index in [1.54, 1.807) is 14.2 Å². The number of ether oxygens (including phenoxy) is 2. The van der Waals surface area contributed by atoms with Gasteiger partial charge in [0.05, 0.1) is 37.7 Å². The van der Waals surface area contributed by atoms with Crippen LogP contribution < -0.4 is 19.7 Å². The minimum Gasteiger partial charge on any atom is -0.497 e. The molecule has 1 aromatic carbocycles. The monoisotopic (exact) mass is 476 g/mol. The molecule has 2 fully saturated rings. The second kappa shape index (κ2) is 9.29. The first-order valence-corrected chi connectivity index (χ1v) is 12.3. The zero-order valence-electron chi connectivity index (χ0n) is 20.2. The first-order chi connectivity index (χ1) is 16.5. The average Bonchev–Trinajstić information content (AvgIpc) is 3.57. The third kappa shape index (κ3) is 3.82. The SMILES string of the molecule is COc1ccc(N2C(=S)NC(c3ccccn3)C2c2cc(C)n(C3CCCC3)c2C)c(OC)c1. The highest BCUT2D eigenvalue weighted by Crippen LogP contribution is 2.47. The molecule has 5 rings (SSSR count). The van der Waals surface area contributed by atoms with Crippen molar-refractivity contribution in [2.45, 2.75) is 57.7 Å². The summed E-state index contributed by atoms with van der Waals surface area (Å²) in [5.74, 6) is 1.47. The molecule has 3 heterocycles. The maximum Gasteiger partial charge on any atom is 0.174 e. The van der Waals surface area contributed by atoms with Crippen molar-refractivity contribution in [2.75, 3.05) is 19.1 Å². The van der Waals surface area contributed by atoms with Gasteiger partial charge in [-0.25, -0.2) is 0 Å². The van der Waals surface area contributed by atoms with E-state index in [4.69, 9.17) is 26.7 Å². The minimum absolute atomic E-state index is 0.0638. The van der Waals surface area contributed by atoms with Crippen LogP contribution in [0.4, 0.5) is 5.69 Å². The summed E-state index contributed by atoms with van der Waals surface area (Å²) < 4.78 is 13.8. The maximum absolute atomic E-state index is 5.93. The summed E-state index contributed by atoms with van der Waals surface area (Å²) in [6, 6.07) is 14.7. The van der Waals surface area contributed by atoms with E-state index in [1.165, 1.54) is 42.6 Å². The lowest BCUT2D eigenvalue weighted by molar-refractivity contribution is 0.394. The van der Waals surface area contributed by atoms with Crippen molar-refractivity contribution in [1.82, 2.24) is 14.9 Å². The topological polar surface area (TPSA) is 51.5 Å². The molecule has 7 heteroatoms. The van der Waals surface area contributed by atoms with E-state index in [0.717, 1.165) is 22.9 Å². The Morgan fingerprint density at radius 2 is 1.82 bits per heavy atom. The Morgan fingerprint density at radius 3 is 2.50 bits per heavy atom. The summed E-state index contributed by atoms with van der Waals surface area (Å²) in [5, 5.41) is 4.23. The Balaban J connectivity index is 1.67. The van der Waals surface area contributed by atoms with Crippen LogP contribution in [0.2, 0.25) is 0 Å². The zero-order valence-corrected chi connectivity index (χ0v) is 21.1. The summed E-state index contributed by atoms with van der Waals surface area (Å²) >= 11 is 5.93. The van der Waals surface area contributed by atoms with Crippen molar-refractivity contribution in [1.29, 1.82) is 0 Å². The van der Waals surface area contributed by atoms with Gasteiger partial charge in [0.1, 0.15) is 11.5 Å². The summed E-state index contributed by atoms with van der Waals surface area (Å²) in [7, 11) is 3.34. The van der Waals surface area contributed by atoms with Crippen molar-refractivity contribution in [3.05, 3.63) is 71.3 Å². The quantitative estimate of drug-likeness (QED) is 0.453. The van der Waals surface area contributed by atoms with E-state index in [9.17, 15) is 0 Å². The molecule has 1 aliphatic heterocycles. The average molecular weight is 477 g/mol. The Labute approximate surface area is 206 Å². The highest BCUT2D eigenvalue weighted by Gasteiger charge is 2.43. The molecule has 2 atom stereocenters. The van der Waals surface area contributed by atoms with Gasteiger partial charge in [-0.3, -0.25) is 4.98 Å². The van der Waals surface area contributed by atoms with Crippen LogP contribution in [0.1, 0.15) is 66.5 Å². The number of anilines is 1. The number of nitrogens with one attached hydrogen (secondary N) is 1. The molecule has 1 aliphatic carbocycles. The predicted molar refractivity (Wildman–Crippen MR) is 139 cm³/mol. The van der Waals surface area contributed by atoms with Crippen molar-refractivity contribution in [3.63, 3.8) is 0 Å². The molecule has 0 amide bonds. The third-order valence-electron chi connectivity index (χ3n) is 7.28. The number of rotatable bonds is 6. The van der Waals surface area contributed by atoms with Crippen LogP contribution in [0.15, 0.2) is 48.7 Å². The number of benzene rings is 1. The van der Waals surface area contributed by atoms with Crippen LogP contribution in [0.3, 0.4) is 0 Å². The van der Waals surface area contributed by atoms with Crippen molar-refractivity contribution in [2.24, 2.45) is 0 Å². The number of pyridine rings is 1. The molecule has 2 aromatic heterocycles. The van der Waals surface area contributed by atoms with E-state index >= 15 is 0 Å². The first kappa shape index (κ1) is 22.7. The van der Waals surface area contributed by atoms with Gasteiger partial charge in [-0.15, -0.1) is 0 Å². The lowest BCUT2D eigenvalue weighted by Gasteiger charge is -2.29. The number of thiocarbonyl (C=S) groups is 1. The van der Waals surface area contributed by atoms with E-state index < -0.39 is 0 Å². The van der Waals surface area contributed by atoms with Gasteiger partial charge >= 0.3 is 0 Å². The van der Waals surface area contributed by atoms with E-state index in [-0.39, 0.29) is 12.1 Å². The molecule has 1 saturated carbocycles. The van der Waals surface area contributed by atoms with Gasteiger partial charge in [-0.05, 0) is 74.8 Å². The Hall–Kier alpha value is -3.06. The highest BCUT2D eigenvalue weighted by atomic mass is 32.1. The van der Waals surface area contributed by atoms with E-state index in [1.807, 2.05) is 36.5 Å². The molecule has 1 saturated heterocycles. The smallest absolute Gasteiger partial charge is 0.174 e. The molecule has 2 aliphatic rings. The molecule has 1 N–H and O–H groups in total. The fraction of sp³-hybridized carbons (Fsp3) is 0.407. The van der Waals surface area contributed by atoms with E-state index in [2.05, 4.69) is 40.8 Å². The minimum atomic E-state index is -0.0852. The largest absolute Gasteiger partial charge is 0.497 e. The van der Waals surface area contributed by atoms with Crippen LogP contribution in [-0.2, 0) is 0 Å². The second-order valence-corrected chi connectivity index (χ2v) is 9.56. The Kier molecular flexibility index (Phi) is 6.21. The number of aromatic nitrogens is 2. The standard InChI is InChI=1S/C27H32N4O2S/c1-17-15-21(18(2)30(17)19-9-5-6-10-19)26-25(22-11-7-8-14-28-22)29-27(34)31(26)23-13-12-20(32-3)16-24(23)33-4/h7-8,11-16,19,25-26H,5-6,9-10H2,1-4H3,(H,29,34). The summed E-state index contributed by atoms with van der Waals surface area (Å²) in [6.45, 7) is 4.48. The number of hydrogen-bond acceptors (Lipinski definition) is 4. The van der Waals surface area contributed by atoms with Crippen LogP contribution in [0.5, 0.6) is 11.5 Å². The van der Waals surface area contributed by atoms with Crippen LogP contribution >= 0.6 is 12.2 Å². The molecule has 3 aromatic rings. The summed E-state index contributed by atoms with van der Waals surface area (Å²) in [6.07, 6.45) is 6.94. The van der Waals surface area contributed by atoms with Crippen molar-refractivity contribution >= 4 is 23.0 Å². The van der Waals surface area contributed by atoms with Crippen LogP contribution in [0.25, 0.3) is 0 Å². The van der Waals surface area contributed by atoms with Crippen LogP contribution in [0, 0.1) is 13.8 Å². The lowest BCUT2D eigenvalue weighted by atomic mass is 9.96. The van der Waals surface area contributed by atoms with Gasteiger partial charge in [0, 0.05) is 29.7 Å². The normalized spacial score (nSPS) is 20.6. The molecular weight excluding hydrogens is 444 g/mol. The number of hydrogen-bond donors (Lipinski definition) is 1. The summed E-state index contributed by atoms with van der Waals surface area (Å²) in [5.41, 5.74) is 5.76. The molecule has 178 valence electrons. The summed E-state index contributed by atoms with van der Waals surface area (Å²) in [4.78, 5) is 6.89. The second-order valence-electron chi connectivity index (χ2n) is 9.17. The van der Waals surface area contributed by atoms with Crippen LogP contribution in [-0.4, -0.2) is 28.9 Å². The van der Waals surface area contributed by atoms with E-state index in [0.29, 0.717) is 11.2 Å². The number of nitrogens with zero attached hydrogens (tertiary/aromatic N) is 3. The molecule has 34 heavy (non-hydrogen) atoms. The van der Waals surface area contributed by atoms with Gasteiger partial charge < -0.3 is 24.3 Å². The Bertz CT molecular complexity index is 1190. The van der Waals surface area contributed by atoms with Gasteiger partial charge in [0.2, 0.25) is 0 Å². The van der Waals surface area contributed by atoms with Gasteiger partial charge in [-0.1, -0.05) is 18.9 Å². The van der Waals surface area contributed by atoms with Gasteiger partial charge in [-0.2, -0.15) is 0 Å². The zero-order chi connectivity index (χ0) is 23.8. The van der Waals surface area contributed by atoms with Gasteiger partial charge in [0.15, 0.2) is 5.11 Å². The Morgan fingerprint density at radius 1 is 1.03 bits per heavy atom. The fourth-order valence-corrected chi connectivity index (χ4v) is 6.08. The highest BCUT2D eigenvalue weighted by molar-refractivity contribution is 7.80. The number of methoxy groups -OCH3 is 2. The molecule has 0 radical (unpaired) electrons. The van der Waals surface area contributed by atoms with Crippen molar-refractivity contribution in [3.8, 4) is 11.5 Å². The third-order valence-corrected chi connectivity index (χ3v) is 7.59. The molecule has 2 unspecified atom stereocenters. The molecule has 6 nitrogen and oxygen atoms in total. The predicted octanol–water partition coefficient (Wildman–Crippen LogP) is 5.81. The van der Waals surface area contributed by atoms with Crippen molar-refractivity contribution < 1.29 is 9.47 Å². The molecule has 0 bridgehead atoms. The number of aryl methyl sites for hydroxylation is 1.